The van der Waals surface area contributed by atoms with E-state index in [-0.39, 0.29) is 23.9 Å². The predicted molar refractivity (Wildman–Crippen MR) is 264 cm³/mol. The van der Waals surface area contributed by atoms with Crippen molar-refractivity contribution < 1.29 is 0 Å². The van der Waals surface area contributed by atoms with Gasteiger partial charge in [0.15, 0.2) is 0 Å². The van der Waals surface area contributed by atoms with E-state index in [0.717, 1.165) is 97.4 Å². The van der Waals surface area contributed by atoms with Crippen LogP contribution in [0.5, 0.6) is 0 Å². The lowest BCUT2D eigenvalue weighted by atomic mass is 9.82. The van der Waals surface area contributed by atoms with Gasteiger partial charge in [-0.15, -0.1) is 17.1 Å². The molecular formula is C57H53N5S. The molecule has 0 bridgehead atoms. The first-order valence-electron chi connectivity index (χ1n) is 22.9. The van der Waals surface area contributed by atoms with E-state index >= 15 is 0 Å². The molecule has 3 unspecified atom stereocenters. The fourth-order valence-electron chi connectivity index (χ4n) is 10.6. The highest BCUT2D eigenvalue weighted by molar-refractivity contribution is 7.16. The Bertz CT molecular complexity index is 2870. The minimum Gasteiger partial charge on any atom is -0.333 e. The van der Waals surface area contributed by atoms with E-state index in [4.69, 9.17) is 15.0 Å². The van der Waals surface area contributed by atoms with Gasteiger partial charge < -0.3 is 9.80 Å². The lowest BCUT2D eigenvalue weighted by molar-refractivity contribution is 0.378. The number of aromatic nitrogens is 1. The monoisotopic (exact) mass is 839 g/mol. The van der Waals surface area contributed by atoms with Crippen LogP contribution in [0.2, 0.25) is 0 Å². The lowest BCUT2D eigenvalue weighted by Gasteiger charge is -2.35. The Balaban J connectivity index is 1.12. The average molecular weight is 840 g/mol. The Hall–Kier alpha value is -6.33. The zero-order chi connectivity index (χ0) is 42.4. The molecule has 0 amide bonds. The maximum Gasteiger partial charge on any atom is 0.150 e. The van der Waals surface area contributed by atoms with Crippen molar-refractivity contribution in [1.82, 2.24) is 9.88 Å². The molecule has 4 heterocycles. The summed E-state index contributed by atoms with van der Waals surface area (Å²) in [7, 11) is 2.17. The zero-order valence-corrected chi connectivity index (χ0v) is 37.1. The van der Waals surface area contributed by atoms with Crippen LogP contribution in [0.1, 0.15) is 114 Å². The Morgan fingerprint density at radius 1 is 0.857 bits per heavy atom. The topological polar surface area (TPSA) is 44.1 Å². The van der Waals surface area contributed by atoms with Gasteiger partial charge in [-0.25, -0.2) is 9.98 Å². The molecule has 0 radical (unpaired) electrons. The number of amidine groups is 2. The number of rotatable bonds is 7. The number of pyridine rings is 1. The maximum absolute atomic E-state index is 5.66. The van der Waals surface area contributed by atoms with E-state index in [9.17, 15) is 0 Å². The SMILES string of the molecule is C=C1/C=C\c2c(sc3c2CCC[C@@H]3c2ncc(C3=C(c4ccccc4)CCC=C3)cc2C2=NC(C3C=C=CC3C)=NC(c3ccccc3)N2C)N(C2=CC=CCC2)C2=CCCC=C12. The molecule has 2 aromatic heterocycles. The minimum absolute atomic E-state index is 0.0517. The third-order valence-corrected chi connectivity index (χ3v) is 15.2. The van der Waals surface area contributed by atoms with E-state index in [2.05, 4.69) is 176 Å². The Labute approximate surface area is 376 Å². The second kappa shape index (κ2) is 16.7. The molecule has 11 rings (SSSR count). The van der Waals surface area contributed by atoms with Crippen LogP contribution < -0.4 is 4.90 Å². The molecule has 0 saturated carbocycles. The lowest BCUT2D eigenvalue weighted by Crippen LogP contribution is -2.38. The summed E-state index contributed by atoms with van der Waals surface area (Å²) >= 11 is 1.98. The minimum atomic E-state index is -0.237. The first kappa shape index (κ1) is 39.5. The Kier molecular flexibility index (Phi) is 10.5. The number of hydrogen-bond donors (Lipinski definition) is 0. The highest BCUT2D eigenvalue weighted by Gasteiger charge is 2.38. The summed E-state index contributed by atoms with van der Waals surface area (Å²) < 4.78 is 0. The highest BCUT2D eigenvalue weighted by Crippen LogP contribution is 2.52. The van der Waals surface area contributed by atoms with Crippen LogP contribution in [0.3, 0.4) is 0 Å². The molecule has 0 N–H and O–H groups in total. The van der Waals surface area contributed by atoms with Crippen LogP contribution in [0.15, 0.2) is 179 Å². The van der Waals surface area contributed by atoms with Crippen LogP contribution in [-0.4, -0.2) is 28.6 Å². The predicted octanol–water partition coefficient (Wildman–Crippen LogP) is 13.9. The summed E-state index contributed by atoms with van der Waals surface area (Å²) in [6.45, 7) is 6.86. The third-order valence-electron chi connectivity index (χ3n) is 13.8. The summed E-state index contributed by atoms with van der Waals surface area (Å²) in [5, 5.41) is 1.32. The zero-order valence-electron chi connectivity index (χ0n) is 36.3. The molecule has 5 nitrogen and oxygen atoms in total. The van der Waals surface area contributed by atoms with Crippen LogP contribution in [-0.2, 0) is 6.42 Å². The smallest absolute Gasteiger partial charge is 0.150 e. The quantitative estimate of drug-likeness (QED) is 0.174. The molecule has 0 saturated heterocycles. The number of allylic oxidation sites excluding steroid dienone is 12. The number of benzene rings is 2. The molecule has 63 heavy (non-hydrogen) atoms. The van der Waals surface area contributed by atoms with Crippen molar-refractivity contribution in [3.05, 3.63) is 212 Å². The van der Waals surface area contributed by atoms with E-state index in [1.165, 1.54) is 54.7 Å². The van der Waals surface area contributed by atoms with Crippen molar-refractivity contribution in [3.8, 4) is 0 Å². The van der Waals surface area contributed by atoms with Crippen LogP contribution in [0, 0.1) is 11.8 Å². The molecule has 312 valence electrons. The Morgan fingerprint density at radius 2 is 1.68 bits per heavy atom. The van der Waals surface area contributed by atoms with Gasteiger partial charge >= 0.3 is 0 Å². The fraction of sp³-hybridized carbons (Fsp3) is 0.263. The van der Waals surface area contributed by atoms with E-state index < -0.39 is 0 Å². The Morgan fingerprint density at radius 3 is 2.49 bits per heavy atom. The number of fused-ring (bicyclic) bond motifs is 4. The summed E-state index contributed by atoms with van der Waals surface area (Å²) in [6, 6.07) is 24.0. The van der Waals surface area contributed by atoms with Gasteiger partial charge in [-0.1, -0.05) is 123 Å². The molecule has 2 aliphatic heterocycles. The first-order valence-corrected chi connectivity index (χ1v) is 23.8. The number of anilines is 1. The van der Waals surface area contributed by atoms with Gasteiger partial charge in [0.2, 0.25) is 0 Å². The van der Waals surface area contributed by atoms with Crippen molar-refractivity contribution in [1.29, 1.82) is 0 Å². The second-order valence-corrected chi connectivity index (χ2v) is 18.8. The van der Waals surface area contributed by atoms with Gasteiger partial charge in [-0.3, -0.25) is 4.98 Å². The molecule has 2 aromatic carbocycles. The molecule has 7 aliphatic rings. The van der Waals surface area contributed by atoms with Crippen molar-refractivity contribution in [2.24, 2.45) is 21.8 Å². The van der Waals surface area contributed by atoms with Crippen molar-refractivity contribution >= 4 is 45.2 Å². The van der Waals surface area contributed by atoms with Crippen LogP contribution in [0.4, 0.5) is 5.00 Å². The largest absolute Gasteiger partial charge is 0.333 e. The normalized spacial score (nSPS) is 24.4. The second-order valence-electron chi connectivity index (χ2n) is 17.8. The van der Waals surface area contributed by atoms with E-state index in [1.54, 1.807) is 0 Å². The number of thiophene rings is 1. The van der Waals surface area contributed by atoms with Crippen LogP contribution in [0.25, 0.3) is 17.2 Å². The van der Waals surface area contributed by atoms with Crippen molar-refractivity contribution in [2.45, 2.75) is 76.8 Å². The van der Waals surface area contributed by atoms with Crippen molar-refractivity contribution in [2.75, 3.05) is 11.9 Å². The van der Waals surface area contributed by atoms with Gasteiger partial charge in [-0.05, 0) is 121 Å². The highest BCUT2D eigenvalue weighted by atomic mass is 32.1. The molecule has 4 atom stereocenters. The molecular weight excluding hydrogens is 787 g/mol. The average Bonchev–Trinajstić information content (AvgIpc) is 3.94. The first-order chi connectivity index (χ1) is 31.0. The standard InChI is InChI=1S/C57H53N5S/c1-37-19-17-29-44(37)54-59-55(40-22-9-5-10-23-40)61(3)56(60-54)50-35-41(46-28-14-13-27-45(46)39-20-7-4-8-21-39)36-58-52(50)49-31-18-30-47-48-34-33-38(2)43-26-15-16-32-51(43)62(57(48)63-53(47)49)42-24-11-6-12-25-42/h4-11,14,19-24,26,28-29,32-37,44,49,55H,2,12-13,15-16,18,25,27,30-31H2,1,3H3/b34-33-/t37?,44?,49-,55?/m1/s1. The summed E-state index contributed by atoms with van der Waals surface area (Å²) in [5.74, 6) is 2.18. The number of hydrogen-bond acceptors (Lipinski definition) is 6. The molecule has 4 aromatic rings. The number of aliphatic imine (C=N–C) groups is 2. The van der Waals surface area contributed by atoms with Gasteiger partial charge in [0, 0.05) is 52.0 Å². The van der Waals surface area contributed by atoms with E-state index in [0.29, 0.717) is 0 Å². The third kappa shape index (κ3) is 7.16. The van der Waals surface area contributed by atoms with E-state index in [1.807, 2.05) is 11.3 Å². The van der Waals surface area contributed by atoms with Gasteiger partial charge in [0.05, 0.1) is 17.3 Å². The molecule has 6 heteroatoms. The summed E-state index contributed by atoms with van der Waals surface area (Å²) in [5.41, 5.74) is 19.5. The summed E-state index contributed by atoms with van der Waals surface area (Å²) in [4.78, 5) is 23.0. The molecule has 0 spiro atoms. The molecule has 0 fully saturated rings. The van der Waals surface area contributed by atoms with Gasteiger partial charge in [0.25, 0.3) is 0 Å². The van der Waals surface area contributed by atoms with Crippen LogP contribution >= 0.6 is 11.3 Å². The number of nitrogens with zero attached hydrogens (tertiary/aromatic N) is 5. The fourth-order valence-corrected chi connectivity index (χ4v) is 12.1. The molecule has 5 aliphatic carbocycles. The maximum atomic E-state index is 5.66. The summed E-state index contributed by atoms with van der Waals surface area (Å²) in [6.07, 6.45) is 36.5. The van der Waals surface area contributed by atoms with Gasteiger partial charge in [-0.2, -0.15) is 0 Å². The van der Waals surface area contributed by atoms with Gasteiger partial charge in [0.1, 0.15) is 22.8 Å². The van der Waals surface area contributed by atoms with Crippen molar-refractivity contribution in [3.63, 3.8) is 0 Å².